The molecule has 0 heterocycles. The molecule has 0 aliphatic carbocycles. The highest BCUT2D eigenvalue weighted by atomic mass is 28.3. The summed E-state index contributed by atoms with van der Waals surface area (Å²) in [6, 6.07) is 20.2. The van der Waals surface area contributed by atoms with Gasteiger partial charge in [-0.1, -0.05) is 73.3 Å². The maximum Gasteiger partial charge on any atom is 0.355 e. The molecule has 3 heteroatoms. The van der Waals surface area contributed by atoms with Gasteiger partial charge in [0.1, 0.15) is 0 Å². The van der Waals surface area contributed by atoms with E-state index in [0.29, 0.717) is 0 Å². The van der Waals surface area contributed by atoms with Gasteiger partial charge in [0.05, 0.1) is 0 Å². The lowest BCUT2D eigenvalue weighted by Gasteiger charge is -2.14. The Morgan fingerprint density at radius 2 is 1.33 bits per heavy atom. The van der Waals surface area contributed by atoms with Crippen molar-refractivity contribution in [2.45, 2.75) is 13.8 Å². The van der Waals surface area contributed by atoms with E-state index in [1.807, 2.05) is 68.5 Å². The van der Waals surface area contributed by atoms with E-state index in [2.05, 4.69) is 18.7 Å². The van der Waals surface area contributed by atoms with Crippen LogP contribution in [0.1, 0.15) is 19.4 Å². The Morgan fingerprint density at radius 1 is 0.857 bits per heavy atom. The molecular weight excluding hydrogens is 276 g/mol. The maximum absolute atomic E-state index is 5.59. The van der Waals surface area contributed by atoms with Crippen molar-refractivity contribution < 1.29 is 8.85 Å². The summed E-state index contributed by atoms with van der Waals surface area (Å²) in [7, 11) is -1.59. The Labute approximate surface area is 129 Å². The molecule has 0 spiro atoms. The summed E-state index contributed by atoms with van der Waals surface area (Å²) < 4.78 is 11.2. The second-order valence-corrected chi connectivity index (χ2v) is 6.27. The highest BCUT2D eigenvalue weighted by Gasteiger charge is 2.13. The molecule has 2 aromatic rings. The second kappa shape index (κ2) is 11.0. The number of benzene rings is 2. The van der Waals surface area contributed by atoms with Crippen molar-refractivity contribution >= 4 is 20.5 Å². The van der Waals surface area contributed by atoms with Gasteiger partial charge in [-0.25, -0.2) is 0 Å². The van der Waals surface area contributed by atoms with Crippen LogP contribution in [-0.4, -0.2) is 22.5 Å². The molecule has 112 valence electrons. The molecule has 0 aromatic heterocycles. The molecule has 2 aromatic carbocycles. The predicted molar refractivity (Wildman–Crippen MR) is 93.0 cm³/mol. The van der Waals surface area contributed by atoms with Crippen molar-refractivity contribution in [3.63, 3.8) is 0 Å². The fourth-order valence-corrected chi connectivity index (χ4v) is 3.37. The summed E-state index contributed by atoms with van der Waals surface area (Å²) in [5.74, 6) is 0. The van der Waals surface area contributed by atoms with Crippen LogP contribution in [0, 0.1) is 0 Å². The van der Waals surface area contributed by atoms with E-state index in [1.54, 1.807) is 0 Å². The third-order valence-corrected chi connectivity index (χ3v) is 4.94. The van der Waals surface area contributed by atoms with Gasteiger partial charge in [0.2, 0.25) is 0 Å². The quantitative estimate of drug-likeness (QED) is 0.760. The first kappa shape index (κ1) is 17.4. The van der Waals surface area contributed by atoms with Gasteiger partial charge in [0, 0.05) is 13.2 Å². The van der Waals surface area contributed by atoms with Gasteiger partial charge in [-0.05, 0) is 24.6 Å². The standard InChI is InChI=1S/C10H16O2Si.C8H8/c1-3-11-13(12-4-2)10-8-6-5-7-9-10;1-2-8-6-4-3-5-7-8/h5-9,13H,3-4H2,1-2H3;2-7H,1H2. The summed E-state index contributed by atoms with van der Waals surface area (Å²) in [5, 5.41) is 1.21. The Bertz CT molecular complexity index is 479. The van der Waals surface area contributed by atoms with Gasteiger partial charge in [0.25, 0.3) is 0 Å². The Hall–Kier alpha value is -1.68. The molecular formula is C18H24O2Si. The minimum absolute atomic E-state index is 0.728. The third-order valence-electron chi connectivity index (χ3n) is 2.74. The van der Waals surface area contributed by atoms with Gasteiger partial charge >= 0.3 is 9.28 Å². The van der Waals surface area contributed by atoms with Crippen molar-refractivity contribution in [3.8, 4) is 0 Å². The smallest absolute Gasteiger partial charge is 0.355 e. The Kier molecular flexibility index (Phi) is 9.12. The second-order valence-electron chi connectivity index (χ2n) is 4.27. The van der Waals surface area contributed by atoms with E-state index in [0.717, 1.165) is 13.2 Å². The molecule has 0 N–H and O–H groups in total. The predicted octanol–water partition coefficient (Wildman–Crippen LogP) is 3.52. The maximum atomic E-state index is 5.59. The van der Waals surface area contributed by atoms with E-state index < -0.39 is 9.28 Å². The average molecular weight is 300 g/mol. The van der Waals surface area contributed by atoms with Gasteiger partial charge in [-0.2, -0.15) is 0 Å². The van der Waals surface area contributed by atoms with E-state index in [9.17, 15) is 0 Å². The summed E-state index contributed by atoms with van der Waals surface area (Å²) in [4.78, 5) is 0. The Morgan fingerprint density at radius 3 is 1.71 bits per heavy atom. The summed E-state index contributed by atoms with van der Waals surface area (Å²) in [6.07, 6.45) is 1.83. The molecule has 0 radical (unpaired) electrons. The van der Waals surface area contributed by atoms with Crippen molar-refractivity contribution in [1.29, 1.82) is 0 Å². The molecule has 0 amide bonds. The van der Waals surface area contributed by atoms with Crippen LogP contribution < -0.4 is 5.19 Å². The minimum atomic E-state index is -1.59. The van der Waals surface area contributed by atoms with Crippen LogP contribution in [0.25, 0.3) is 6.08 Å². The molecule has 0 aliphatic heterocycles. The molecule has 2 rings (SSSR count). The van der Waals surface area contributed by atoms with Crippen molar-refractivity contribution in [3.05, 3.63) is 72.8 Å². The fraction of sp³-hybridized carbons (Fsp3) is 0.222. The van der Waals surface area contributed by atoms with Crippen LogP contribution in [0.15, 0.2) is 67.2 Å². The lowest BCUT2D eigenvalue weighted by atomic mass is 10.2. The van der Waals surface area contributed by atoms with E-state index in [1.165, 1.54) is 10.8 Å². The largest absolute Gasteiger partial charge is 0.394 e. The third kappa shape index (κ3) is 7.04. The first-order chi connectivity index (χ1) is 10.3. The fourth-order valence-electron chi connectivity index (χ4n) is 1.74. The van der Waals surface area contributed by atoms with E-state index in [4.69, 9.17) is 8.85 Å². The zero-order chi connectivity index (χ0) is 15.3. The van der Waals surface area contributed by atoms with Crippen LogP contribution in [0.5, 0.6) is 0 Å². The number of hydrogen-bond acceptors (Lipinski definition) is 2. The molecule has 21 heavy (non-hydrogen) atoms. The SMILES string of the molecule is C=Cc1ccccc1.CCO[SiH](OCC)c1ccccc1. The van der Waals surface area contributed by atoms with Gasteiger partial charge < -0.3 is 8.85 Å². The lowest BCUT2D eigenvalue weighted by Crippen LogP contribution is -2.36. The average Bonchev–Trinajstić information content (AvgIpc) is 2.57. The zero-order valence-electron chi connectivity index (χ0n) is 12.9. The molecule has 2 nitrogen and oxygen atoms in total. The highest BCUT2D eigenvalue weighted by Crippen LogP contribution is 1.97. The summed E-state index contributed by atoms with van der Waals surface area (Å²) in [6.45, 7) is 9.09. The van der Waals surface area contributed by atoms with Crippen LogP contribution in [0.3, 0.4) is 0 Å². The molecule has 0 saturated heterocycles. The Balaban J connectivity index is 0.000000235. The summed E-state index contributed by atoms with van der Waals surface area (Å²) in [5.41, 5.74) is 1.17. The molecule has 0 saturated carbocycles. The highest BCUT2D eigenvalue weighted by molar-refractivity contribution is 6.61. The van der Waals surface area contributed by atoms with Gasteiger partial charge in [0.15, 0.2) is 0 Å². The number of hydrogen-bond donors (Lipinski definition) is 0. The normalized spacial score (nSPS) is 9.86. The molecule has 0 fully saturated rings. The van der Waals surface area contributed by atoms with Crippen molar-refractivity contribution in [2.75, 3.05) is 13.2 Å². The van der Waals surface area contributed by atoms with Crippen LogP contribution in [-0.2, 0) is 8.85 Å². The minimum Gasteiger partial charge on any atom is -0.394 e. The topological polar surface area (TPSA) is 18.5 Å². The molecule has 0 atom stereocenters. The van der Waals surface area contributed by atoms with Gasteiger partial charge in [-0.15, -0.1) is 0 Å². The molecule has 0 bridgehead atoms. The van der Waals surface area contributed by atoms with E-state index >= 15 is 0 Å². The molecule has 0 aliphatic rings. The van der Waals surface area contributed by atoms with Crippen molar-refractivity contribution in [1.82, 2.24) is 0 Å². The monoisotopic (exact) mass is 300 g/mol. The lowest BCUT2D eigenvalue weighted by molar-refractivity contribution is 0.225. The van der Waals surface area contributed by atoms with E-state index in [-0.39, 0.29) is 0 Å². The van der Waals surface area contributed by atoms with Crippen molar-refractivity contribution in [2.24, 2.45) is 0 Å². The molecule has 0 unspecified atom stereocenters. The zero-order valence-corrected chi connectivity index (χ0v) is 14.0. The first-order valence-electron chi connectivity index (χ1n) is 7.27. The number of rotatable bonds is 6. The van der Waals surface area contributed by atoms with Crippen LogP contribution >= 0.6 is 0 Å². The summed E-state index contributed by atoms with van der Waals surface area (Å²) >= 11 is 0. The van der Waals surface area contributed by atoms with Crippen LogP contribution in [0.2, 0.25) is 0 Å². The first-order valence-corrected chi connectivity index (χ1v) is 8.79. The van der Waals surface area contributed by atoms with Crippen LogP contribution in [0.4, 0.5) is 0 Å². The van der Waals surface area contributed by atoms with Gasteiger partial charge in [-0.3, -0.25) is 0 Å².